The first-order chi connectivity index (χ1) is 19.5. The van der Waals surface area contributed by atoms with Crippen LogP contribution in [0.3, 0.4) is 0 Å². The summed E-state index contributed by atoms with van der Waals surface area (Å²) < 4.78 is 61.8. The number of carbonyl (C=O) groups excluding carboxylic acids is 1. The quantitative estimate of drug-likeness (QED) is 0.267. The van der Waals surface area contributed by atoms with Gasteiger partial charge in [-0.2, -0.15) is 5.10 Å². The van der Waals surface area contributed by atoms with Gasteiger partial charge >= 0.3 is 0 Å². The number of rotatable bonds is 8. The van der Waals surface area contributed by atoms with Gasteiger partial charge in [-0.25, -0.2) is 41.4 Å². The number of alkyl halides is 2. The number of hydrogen-bond acceptors (Lipinski definition) is 8. The van der Waals surface area contributed by atoms with E-state index in [4.69, 9.17) is 4.74 Å². The number of benzene rings is 2. The summed E-state index contributed by atoms with van der Waals surface area (Å²) in [6.07, 6.45) is -1.74. The number of aromatic nitrogens is 5. The van der Waals surface area contributed by atoms with E-state index < -0.39 is 28.0 Å². The van der Waals surface area contributed by atoms with E-state index >= 15 is 0 Å². The van der Waals surface area contributed by atoms with Crippen LogP contribution in [0.4, 0.5) is 20.4 Å². The lowest BCUT2D eigenvalue weighted by molar-refractivity contribution is 0.102. The first-order valence-corrected chi connectivity index (χ1v) is 13.6. The molecule has 5 aromatic rings. The molecule has 0 atom stereocenters. The van der Waals surface area contributed by atoms with Crippen LogP contribution in [-0.4, -0.2) is 46.0 Å². The third-order valence-electron chi connectivity index (χ3n) is 5.98. The van der Waals surface area contributed by atoms with Crippen LogP contribution in [0.2, 0.25) is 0 Å². The average Bonchev–Trinajstić information content (AvgIpc) is 3.36. The van der Waals surface area contributed by atoms with Gasteiger partial charge in [0.2, 0.25) is 5.95 Å². The Balaban J connectivity index is 1.40. The number of sulfonamides is 1. The highest BCUT2D eigenvalue weighted by molar-refractivity contribution is 7.92. The van der Waals surface area contributed by atoms with Gasteiger partial charge in [-0.3, -0.25) is 4.79 Å². The number of hydrogen-bond donors (Lipinski definition) is 2. The number of fused-ring (bicyclic) bond motifs is 1. The molecular weight excluding hydrogens is 556 g/mol. The minimum atomic E-state index is -4.00. The van der Waals surface area contributed by atoms with Crippen LogP contribution in [0.15, 0.2) is 71.8 Å². The normalized spacial score (nSPS) is 11.6. The minimum Gasteiger partial charge on any atom is -0.497 e. The van der Waals surface area contributed by atoms with Gasteiger partial charge in [-0.05, 0) is 74.5 Å². The maximum absolute atomic E-state index is 13.9. The van der Waals surface area contributed by atoms with Crippen LogP contribution in [0.5, 0.6) is 5.75 Å². The lowest BCUT2D eigenvalue weighted by Crippen LogP contribution is -2.16. The molecule has 0 unspecified atom stereocenters. The Morgan fingerprint density at radius 3 is 2.22 bits per heavy atom. The maximum atomic E-state index is 13.9. The average molecular weight is 580 g/mol. The number of halogens is 2. The molecule has 210 valence electrons. The first kappa shape index (κ1) is 27.6. The molecule has 5 rings (SSSR count). The number of nitrogens with zero attached hydrogens (tertiary/aromatic N) is 5. The van der Waals surface area contributed by atoms with Crippen molar-refractivity contribution >= 4 is 33.2 Å². The molecule has 0 radical (unpaired) electrons. The molecule has 14 heteroatoms. The number of anilines is 2. The molecule has 1 amide bonds. The van der Waals surface area contributed by atoms with Gasteiger partial charge in [0.15, 0.2) is 5.65 Å². The van der Waals surface area contributed by atoms with Crippen molar-refractivity contribution in [3.63, 3.8) is 0 Å². The van der Waals surface area contributed by atoms with Crippen molar-refractivity contribution in [1.29, 1.82) is 0 Å². The molecule has 0 spiro atoms. The molecule has 0 saturated heterocycles. The summed E-state index contributed by atoms with van der Waals surface area (Å²) in [7, 11) is -2.49. The van der Waals surface area contributed by atoms with E-state index in [2.05, 4.69) is 30.1 Å². The molecule has 0 aliphatic heterocycles. The minimum absolute atomic E-state index is 0.0485. The van der Waals surface area contributed by atoms with Gasteiger partial charge in [0.1, 0.15) is 17.0 Å². The van der Waals surface area contributed by atoms with E-state index in [9.17, 15) is 22.0 Å². The summed E-state index contributed by atoms with van der Waals surface area (Å²) in [5.74, 6) is -0.142. The smallest absolute Gasteiger partial charge is 0.280 e. The predicted molar refractivity (Wildman–Crippen MR) is 147 cm³/mol. The zero-order valence-corrected chi connectivity index (χ0v) is 22.8. The fourth-order valence-corrected chi connectivity index (χ4v) is 5.02. The molecule has 0 fully saturated rings. The van der Waals surface area contributed by atoms with Gasteiger partial charge in [0.25, 0.3) is 22.4 Å². The lowest BCUT2D eigenvalue weighted by Gasteiger charge is -2.10. The van der Waals surface area contributed by atoms with Crippen LogP contribution < -0.4 is 14.8 Å². The Morgan fingerprint density at radius 1 is 0.951 bits per heavy atom. The first-order valence-electron chi connectivity index (χ1n) is 12.1. The van der Waals surface area contributed by atoms with E-state index in [1.165, 1.54) is 37.4 Å². The lowest BCUT2D eigenvalue weighted by atomic mass is 10.1. The second-order valence-corrected chi connectivity index (χ2v) is 10.6. The molecule has 0 aliphatic carbocycles. The Labute approximate surface area is 233 Å². The number of amides is 1. The highest BCUT2D eigenvalue weighted by Gasteiger charge is 2.22. The molecule has 11 nitrogen and oxygen atoms in total. The van der Waals surface area contributed by atoms with Crippen molar-refractivity contribution in [2.24, 2.45) is 0 Å². The van der Waals surface area contributed by atoms with Crippen molar-refractivity contribution in [2.75, 3.05) is 17.1 Å². The molecule has 0 saturated carbocycles. The van der Waals surface area contributed by atoms with E-state index in [0.29, 0.717) is 22.7 Å². The van der Waals surface area contributed by atoms with Crippen LogP contribution in [0.1, 0.15) is 33.9 Å². The SMILES string of the molecule is COc1ccc(-c2cc(C(F)F)n3ncc(C(=O)Nc4ccc(S(=O)(=O)Nc5nc(C)cc(C)n5)cc4)c3n2)cc1. The standard InChI is InChI=1S/C27H23F2N7O4S/c1-15-12-16(2)32-27(31-15)35-41(38,39)20-10-6-18(7-11-20)33-26(37)21-14-30-36-23(24(28)29)13-22(34-25(21)36)17-4-8-19(40-3)9-5-17/h4-14,24H,1-3H3,(H,33,37)(H,31,32,35). The fourth-order valence-electron chi connectivity index (χ4n) is 4.08. The fraction of sp³-hybridized carbons (Fsp3) is 0.148. The van der Waals surface area contributed by atoms with Crippen LogP contribution in [0, 0.1) is 13.8 Å². The van der Waals surface area contributed by atoms with Crippen molar-refractivity contribution in [3.8, 4) is 17.0 Å². The monoisotopic (exact) mass is 579 g/mol. The van der Waals surface area contributed by atoms with Gasteiger partial charge < -0.3 is 10.1 Å². The van der Waals surface area contributed by atoms with E-state index in [1.54, 1.807) is 44.2 Å². The summed E-state index contributed by atoms with van der Waals surface area (Å²) in [5.41, 5.74) is 1.68. The van der Waals surface area contributed by atoms with E-state index in [1.807, 2.05) is 0 Å². The Morgan fingerprint density at radius 2 is 1.61 bits per heavy atom. The molecule has 2 N–H and O–H groups in total. The molecule has 3 aromatic heterocycles. The van der Waals surface area contributed by atoms with Crippen molar-refractivity contribution in [1.82, 2.24) is 24.6 Å². The van der Waals surface area contributed by atoms with Gasteiger partial charge in [0, 0.05) is 22.6 Å². The zero-order chi connectivity index (χ0) is 29.3. The number of ether oxygens (including phenoxy) is 1. The second-order valence-electron chi connectivity index (χ2n) is 8.95. The number of carbonyl (C=O) groups is 1. The summed E-state index contributed by atoms with van der Waals surface area (Å²) in [4.78, 5) is 25.6. The number of aryl methyl sites for hydroxylation is 2. The highest BCUT2D eigenvalue weighted by Crippen LogP contribution is 2.28. The summed E-state index contributed by atoms with van der Waals surface area (Å²) in [6, 6.07) is 15.0. The van der Waals surface area contributed by atoms with Gasteiger partial charge in [-0.15, -0.1) is 0 Å². The van der Waals surface area contributed by atoms with Gasteiger partial charge in [0.05, 0.1) is 23.9 Å². The molecule has 3 heterocycles. The third kappa shape index (κ3) is 5.82. The largest absolute Gasteiger partial charge is 0.497 e. The van der Waals surface area contributed by atoms with E-state index in [-0.39, 0.29) is 33.4 Å². The van der Waals surface area contributed by atoms with Gasteiger partial charge in [-0.1, -0.05) is 0 Å². The molecule has 0 aliphatic rings. The van der Waals surface area contributed by atoms with Crippen molar-refractivity contribution in [3.05, 3.63) is 89.5 Å². The maximum Gasteiger partial charge on any atom is 0.280 e. The van der Waals surface area contributed by atoms with Crippen LogP contribution in [-0.2, 0) is 10.0 Å². The molecule has 2 aromatic carbocycles. The Kier molecular flexibility index (Phi) is 7.32. The van der Waals surface area contributed by atoms with Crippen LogP contribution >= 0.6 is 0 Å². The second kappa shape index (κ2) is 10.9. The number of methoxy groups -OCH3 is 1. The number of nitrogens with one attached hydrogen (secondary N) is 2. The van der Waals surface area contributed by atoms with Crippen molar-refractivity contribution in [2.45, 2.75) is 25.2 Å². The Hall–Kier alpha value is -4.98. The Bertz CT molecular complexity index is 1840. The van der Waals surface area contributed by atoms with Crippen LogP contribution in [0.25, 0.3) is 16.9 Å². The zero-order valence-electron chi connectivity index (χ0n) is 22.0. The van der Waals surface area contributed by atoms with Crippen molar-refractivity contribution < 1.29 is 26.7 Å². The summed E-state index contributed by atoms with van der Waals surface area (Å²) in [5, 5.41) is 6.58. The van der Waals surface area contributed by atoms with E-state index in [0.717, 1.165) is 10.7 Å². The highest BCUT2D eigenvalue weighted by atomic mass is 32.2. The molecule has 0 bridgehead atoms. The summed E-state index contributed by atoms with van der Waals surface area (Å²) >= 11 is 0. The third-order valence-corrected chi connectivity index (χ3v) is 7.33. The topological polar surface area (TPSA) is 140 Å². The molecule has 41 heavy (non-hydrogen) atoms. The predicted octanol–water partition coefficient (Wildman–Crippen LogP) is 4.80. The molecular formula is C27H23F2N7O4S. The summed E-state index contributed by atoms with van der Waals surface area (Å²) in [6.45, 7) is 3.44.